The molecule has 2 aromatic rings. The Balaban J connectivity index is 2.16. The van der Waals surface area contributed by atoms with Gasteiger partial charge in [-0.2, -0.15) is 0 Å². The first-order valence-electron chi connectivity index (χ1n) is 6.94. The fourth-order valence-corrected chi connectivity index (χ4v) is 4.10. The molecule has 0 amide bonds. The monoisotopic (exact) mass is 350 g/mol. The summed E-state index contributed by atoms with van der Waals surface area (Å²) in [5.74, 6) is 0.792. The summed E-state index contributed by atoms with van der Waals surface area (Å²) in [7, 11) is 0. The maximum absolute atomic E-state index is 2.44. The Morgan fingerprint density at radius 3 is 2.56 bits per heavy atom. The molecule has 0 bridgehead atoms. The minimum Gasteiger partial charge on any atom is -0.0613 e. The molecule has 1 heteroatoms. The predicted octanol–water partition coefficient (Wildman–Crippen LogP) is 5.80. The molecule has 0 N–H and O–H groups in total. The lowest BCUT2D eigenvalue weighted by molar-refractivity contribution is 0.445. The van der Waals surface area contributed by atoms with Crippen LogP contribution in [-0.2, 0) is 0 Å². The van der Waals surface area contributed by atoms with Crippen LogP contribution >= 0.6 is 22.6 Å². The molecule has 0 heterocycles. The third kappa shape index (κ3) is 2.29. The fourth-order valence-electron chi connectivity index (χ4n) is 3.32. The van der Waals surface area contributed by atoms with Gasteiger partial charge in [-0.15, -0.1) is 0 Å². The van der Waals surface area contributed by atoms with Gasteiger partial charge in [0.25, 0.3) is 0 Å². The van der Waals surface area contributed by atoms with Crippen molar-refractivity contribution >= 4 is 33.4 Å². The number of benzene rings is 2. The summed E-state index contributed by atoms with van der Waals surface area (Å²) in [5.41, 5.74) is 3.00. The highest BCUT2D eigenvalue weighted by atomic mass is 127. The molecular weight excluding hydrogens is 331 g/mol. The van der Waals surface area contributed by atoms with E-state index in [1.807, 2.05) is 0 Å². The molecule has 94 valence electrons. The molecule has 1 saturated carbocycles. The molecule has 0 radical (unpaired) electrons. The van der Waals surface area contributed by atoms with Crippen molar-refractivity contribution in [2.24, 2.45) is 0 Å². The number of hydrogen-bond donors (Lipinski definition) is 0. The lowest BCUT2D eigenvalue weighted by atomic mass is 9.82. The van der Waals surface area contributed by atoms with E-state index in [1.165, 1.54) is 52.0 Å². The van der Waals surface area contributed by atoms with Gasteiger partial charge in [0.05, 0.1) is 0 Å². The molecule has 0 nitrogen and oxygen atoms in total. The maximum Gasteiger partial charge on any atom is 0.0139 e. The van der Waals surface area contributed by atoms with E-state index in [4.69, 9.17) is 0 Å². The summed E-state index contributed by atoms with van der Waals surface area (Å²) in [6.07, 6.45) is 7.00. The van der Waals surface area contributed by atoms with Crippen LogP contribution in [0.4, 0.5) is 0 Å². The first kappa shape index (κ1) is 12.5. The van der Waals surface area contributed by atoms with Crippen LogP contribution in [-0.4, -0.2) is 0 Å². The fraction of sp³-hybridized carbons (Fsp3) is 0.412. The second kappa shape index (κ2) is 5.20. The first-order chi connectivity index (χ1) is 8.75. The van der Waals surface area contributed by atoms with Crippen LogP contribution in [0.5, 0.6) is 0 Å². The molecule has 1 aliphatic rings. The molecule has 0 aliphatic heterocycles. The van der Waals surface area contributed by atoms with Crippen LogP contribution in [0.1, 0.15) is 49.1 Å². The van der Waals surface area contributed by atoms with Crippen molar-refractivity contribution < 1.29 is 0 Å². The Hall–Kier alpha value is -0.570. The summed E-state index contributed by atoms with van der Waals surface area (Å²) in [6, 6.07) is 11.5. The van der Waals surface area contributed by atoms with E-state index in [-0.39, 0.29) is 0 Å². The number of rotatable bonds is 1. The zero-order valence-corrected chi connectivity index (χ0v) is 13.0. The summed E-state index contributed by atoms with van der Waals surface area (Å²) in [6.45, 7) is 2.23. The Morgan fingerprint density at radius 2 is 1.78 bits per heavy atom. The normalized spacial score (nSPS) is 17.2. The summed E-state index contributed by atoms with van der Waals surface area (Å²) >= 11 is 2.44. The summed E-state index contributed by atoms with van der Waals surface area (Å²) in [4.78, 5) is 0. The summed E-state index contributed by atoms with van der Waals surface area (Å²) < 4.78 is 1.36. The van der Waals surface area contributed by atoms with Crippen molar-refractivity contribution in [1.29, 1.82) is 0 Å². The number of hydrogen-bond acceptors (Lipinski definition) is 0. The zero-order chi connectivity index (χ0) is 12.5. The van der Waals surface area contributed by atoms with Crippen molar-refractivity contribution in [1.82, 2.24) is 0 Å². The van der Waals surface area contributed by atoms with Gasteiger partial charge >= 0.3 is 0 Å². The molecule has 0 aromatic heterocycles. The van der Waals surface area contributed by atoms with Gasteiger partial charge < -0.3 is 0 Å². The van der Waals surface area contributed by atoms with E-state index in [2.05, 4.69) is 59.8 Å². The molecule has 1 fully saturated rings. The third-order valence-corrected chi connectivity index (χ3v) is 4.87. The van der Waals surface area contributed by atoms with E-state index in [9.17, 15) is 0 Å². The van der Waals surface area contributed by atoms with Crippen molar-refractivity contribution in [3.8, 4) is 0 Å². The first-order valence-corrected chi connectivity index (χ1v) is 8.02. The Labute approximate surface area is 123 Å². The SMILES string of the molecule is Cc1cc(I)cc2c(C3CCCCC3)cccc12. The van der Waals surface area contributed by atoms with Gasteiger partial charge in [0.15, 0.2) is 0 Å². The molecule has 1 aliphatic carbocycles. The number of halogens is 1. The second-order valence-electron chi connectivity index (χ2n) is 5.50. The Kier molecular flexibility index (Phi) is 3.60. The lowest BCUT2D eigenvalue weighted by Gasteiger charge is -2.23. The van der Waals surface area contributed by atoms with Crippen molar-refractivity contribution in [2.75, 3.05) is 0 Å². The highest BCUT2D eigenvalue weighted by Crippen LogP contribution is 2.37. The smallest absolute Gasteiger partial charge is 0.0139 e. The lowest BCUT2D eigenvalue weighted by Crippen LogP contribution is -2.05. The van der Waals surface area contributed by atoms with Crippen LogP contribution in [0.25, 0.3) is 10.8 Å². The molecule has 0 saturated heterocycles. The highest BCUT2D eigenvalue weighted by molar-refractivity contribution is 14.1. The summed E-state index contributed by atoms with van der Waals surface area (Å²) in [5, 5.41) is 2.94. The minimum atomic E-state index is 0.792. The van der Waals surface area contributed by atoms with Crippen molar-refractivity contribution in [2.45, 2.75) is 44.9 Å². The zero-order valence-electron chi connectivity index (χ0n) is 10.9. The van der Waals surface area contributed by atoms with Gasteiger partial charge in [0.1, 0.15) is 0 Å². The Morgan fingerprint density at radius 1 is 1.00 bits per heavy atom. The van der Waals surface area contributed by atoms with Crippen LogP contribution in [0, 0.1) is 10.5 Å². The van der Waals surface area contributed by atoms with Gasteiger partial charge in [0, 0.05) is 3.57 Å². The number of fused-ring (bicyclic) bond motifs is 1. The van der Waals surface area contributed by atoms with Gasteiger partial charge in [-0.1, -0.05) is 37.5 Å². The van der Waals surface area contributed by atoms with Crippen LogP contribution in [0.3, 0.4) is 0 Å². The van der Waals surface area contributed by atoms with Crippen molar-refractivity contribution in [3.05, 3.63) is 45.0 Å². The van der Waals surface area contributed by atoms with E-state index >= 15 is 0 Å². The Bertz CT molecular complexity index is 565. The standard InChI is InChI=1S/C17H19I/c1-12-10-14(18)11-17-15(12)8-5-9-16(17)13-6-3-2-4-7-13/h5,8-11,13H,2-4,6-7H2,1H3. The van der Waals surface area contributed by atoms with Crippen LogP contribution in [0.2, 0.25) is 0 Å². The molecule has 3 rings (SSSR count). The topological polar surface area (TPSA) is 0 Å². The van der Waals surface area contributed by atoms with Gasteiger partial charge in [0.2, 0.25) is 0 Å². The molecular formula is C17H19I. The van der Waals surface area contributed by atoms with Gasteiger partial charge in [-0.3, -0.25) is 0 Å². The van der Waals surface area contributed by atoms with Gasteiger partial charge in [-0.05, 0) is 82.3 Å². The molecule has 0 atom stereocenters. The highest BCUT2D eigenvalue weighted by Gasteiger charge is 2.17. The van der Waals surface area contributed by atoms with Crippen LogP contribution in [0.15, 0.2) is 30.3 Å². The number of aryl methyl sites for hydroxylation is 1. The van der Waals surface area contributed by atoms with E-state index in [1.54, 1.807) is 5.56 Å². The average molecular weight is 350 g/mol. The van der Waals surface area contributed by atoms with Crippen molar-refractivity contribution in [3.63, 3.8) is 0 Å². The predicted molar refractivity (Wildman–Crippen MR) is 87.2 cm³/mol. The molecule has 0 unspecified atom stereocenters. The quantitative estimate of drug-likeness (QED) is 0.570. The van der Waals surface area contributed by atoms with Crippen LogP contribution < -0.4 is 0 Å². The van der Waals surface area contributed by atoms with E-state index in [0.29, 0.717) is 0 Å². The molecule has 0 spiro atoms. The largest absolute Gasteiger partial charge is 0.0613 e. The molecule has 18 heavy (non-hydrogen) atoms. The van der Waals surface area contributed by atoms with E-state index < -0.39 is 0 Å². The minimum absolute atomic E-state index is 0.792. The maximum atomic E-state index is 2.44. The third-order valence-electron chi connectivity index (χ3n) is 4.25. The second-order valence-corrected chi connectivity index (χ2v) is 6.75. The average Bonchev–Trinajstić information content (AvgIpc) is 2.39. The van der Waals surface area contributed by atoms with Gasteiger partial charge in [-0.25, -0.2) is 0 Å². The molecule has 2 aromatic carbocycles. The van der Waals surface area contributed by atoms with E-state index in [0.717, 1.165) is 5.92 Å².